The summed E-state index contributed by atoms with van der Waals surface area (Å²) in [5.41, 5.74) is 5.12. The first-order chi connectivity index (χ1) is 13.6. The van der Waals surface area contributed by atoms with Gasteiger partial charge in [0, 0.05) is 30.2 Å². The lowest BCUT2D eigenvalue weighted by Crippen LogP contribution is -2.06. The van der Waals surface area contributed by atoms with Gasteiger partial charge in [-0.05, 0) is 48.2 Å². The maximum Gasteiger partial charge on any atom is 0.229 e. The quantitative estimate of drug-likeness (QED) is 0.539. The molecule has 0 atom stereocenters. The number of aromatic nitrogens is 2. The van der Waals surface area contributed by atoms with Gasteiger partial charge in [-0.3, -0.25) is 4.79 Å². The molecule has 1 amide bonds. The molecule has 0 saturated carbocycles. The second-order valence-electron chi connectivity index (χ2n) is 6.44. The van der Waals surface area contributed by atoms with E-state index in [-0.39, 0.29) is 5.91 Å². The summed E-state index contributed by atoms with van der Waals surface area (Å²) in [7, 11) is 0. The van der Waals surface area contributed by atoms with Crippen molar-refractivity contribution < 1.29 is 4.79 Å². The number of nitrogens with one attached hydrogen (secondary N) is 3. The molecule has 0 fully saturated rings. The van der Waals surface area contributed by atoms with Gasteiger partial charge < -0.3 is 16.0 Å². The lowest BCUT2D eigenvalue weighted by Gasteiger charge is -2.15. The summed E-state index contributed by atoms with van der Waals surface area (Å²) < 4.78 is 0. The van der Waals surface area contributed by atoms with Gasteiger partial charge in [0.05, 0.1) is 0 Å². The Bertz CT molecular complexity index is 948. The van der Waals surface area contributed by atoms with E-state index in [2.05, 4.69) is 58.0 Å². The summed E-state index contributed by atoms with van der Waals surface area (Å²) in [5.74, 6) is 1.11. The highest BCUT2D eigenvalue weighted by atomic mass is 16.1. The van der Waals surface area contributed by atoms with Crippen LogP contribution in [0.3, 0.4) is 0 Å². The third kappa shape index (κ3) is 4.85. The molecule has 144 valence electrons. The molecule has 0 saturated heterocycles. The van der Waals surface area contributed by atoms with Crippen molar-refractivity contribution in [3.63, 3.8) is 0 Å². The van der Waals surface area contributed by atoms with Gasteiger partial charge in [0.25, 0.3) is 0 Å². The van der Waals surface area contributed by atoms with Gasteiger partial charge in [-0.2, -0.15) is 4.98 Å². The van der Waals surface area contributed by atoms with E-state index in [4.69, 9.17) is 0 Å². The number of anilines is 5. The van der Waals surface area contributed by atoms with Gasteiger partial charge in [-0.1, -0.05) is 38.1 Å². The molecule has 3 aromatic rings. The molecule has 1 heterocycles. The van der Waals surface area contributed by atoms with Crippen LogP contribution in [0.15, 0.2) is 54.7 Å². The monoisotopic (exact) mass is 375 g/mol. The minimum absolute atomic E-state index is 0.105. The summed E-state index contributed by atoms with van der Waals surface area (Å²) in [4.78, 5) is 20.2. The van der Waals surface area contributed by atoms with Gasteiger partial charge in [0.2, 0.25) is 11.9 Å². The summed E-state index contributed by atoms with van der Waals surface area (Å²) in [6.45, 7) is 5.77. The van der Waals surface area contributed by atoms with E-state index in [1.165, 1.54) is 18.1 Å². The number of carbonyl (C=O) groups is 1. The summed E-state index contributed by atoms with van der Waals surface area (Å²) >= 11 is 0. The first kappa shape index (κ1) is 19.4. The van der Waals surface area contributed by atoms with E-state index in [1.54, 1.807) is 6.20 Å². The van der Waals surface area contributed by atoms with Crippen LogP contribution in [-0.4, -0.2) is 15.9 Å². The van der Waals surface area contributed by atoms with Gasteiger partial charge in [-0.25, -0.2) is 4.98 Å². The van der Waals surface area contributed by atoms with Crippen LogP contribution < -0.4 is 16.0 Å². The highest BCUT2D eigenvalue weighted by Gasteiger charge is 2.09. The number of hydrogen-bond donors (Lipinski definition) is 3. The average molecular weight is 375 g/mol. The second kappa shape index (κ2) is 8.99. The normalized spacial score (nSPS) is 10.4. The van der Waals surface area contributed by atoms with Gasteiger partial charge in [0.15, 0.2) is 0 Å². The number of rotatable bonds is 7. The fraction of sp³-hybridized carbons (Fsp3) is 0.227. The first-order valence-corrected chi connectivity index (χ1v) is 9.44. The molecular formula is C22H25N5O. The molecule has 0 spiro atoms. The average Bonchev–Trinajstić information content (AvgIpc) is 2.68. The number of benzene rings is 2. The number of carbonyl (C=O) groups excluding carboxylic acids is 1. The van der Waals surface area contributed by atoms with E-state index in [0.717, 1.165) is 29.9 Å². The molecule has 1 aromatic heterocycles. The molecule has 0 aliphatic rings. The zero-order chi connectivity index (χ0) is 19.9. The van der Waals surface area contributed by atoms with Crippen LogP contribution in [0.2, 0.25) is 0 Å². The Kier molecular flexibility index (Phi) is 6.22. The van der Waals surface area contributed by atoms with Crippen molar-refractivity contribution in [2.45, 2.75) is 33.6 Å². The van der Waals surface area contributed by atoms with Crippen molar-refractivity contribution in [3.05, 3.63) is 65.9 Å². The largest absolute Gasteiger partial charge is 0.340 e. The van der Waals surface area contributed by atoms with Crippen molar-refractivity contribution in [1.29, 1.82) is 0 Å². The minimum atomic E-state index is -0.105. The molecule has 0 aliphatic heterocycles. The highest BCUT2D eigenvalue weighted by Crippen LogP contribution is 2.26. The molecule has 0 unspecified atom stereocenters. The maximum atomic E-state index is 11.2. The van der Waals surface area contributed by atoms with Crippen LogP contribution in [0.25, 0.3) is 0 Å². The lowest BCUT2D eigenvalue weighted by molar-refractivity contribution is -0.114. The zero-order valence-corrected chi connectivity index (χ0v) is 16.4. The minimum Gasteiger partial charge on any atom is -0.340 e. The topological polar surface area (TPSA) is 78.9 Å². The second-order valence-corrected chi connectivity index (χ2v) is 6.44. The zero-order valence-electron chi connectivity index (χ0n) is 16.4. The van der Waals surface area contributed by atoms with E-state index in [1.807, 2.05) is 30.3 Å². The van der Waals surface area contributed by atoms with Crippen molar-refractivity contribution >= 4 is 34.7 Å². The Labute approximate surface area is 165 Å². The molecule has 3 rings (SSSR count). The number of amides is 1. The number of para-hydroxylation sites is 1. The van der Waals surface area contributed by atoms with Crippen molar-refractivity contribution in [1.82, 2.24) is 9.97 Å². The molecular weight excluding hydrogens is 350 g/mol. The Morgan fingerprint density at radius 1 is 0.929 bits per heavy atom. The summed E-state index contributed by atoms with van der Waals surface area (Å²) in [5, 5.41) is 9.42. The van der Waals surface area contributed by atoms with Crippen molar-refractivity contribution in [2.75, 3.05) is 16.0 Å². The smallest absolute Gasteiger partial charge is 0.229 e. The van der Waals surface area contributed by atoms with Crippen LogP contribution in [0, 0.1) is 0 Å². The Hall–Kier alpha value is -3.41. The number of nitrogens with zero attached hydrogens (tertiary/aromatic N) is 2. The van der Waals surface area contributed by atoms with Crippen LogP contribution in [0.1, 0.15) is 31.9 Å². The summed E-state index contributed by atoms with van der Waals surface area (Å²) in [6.07, 6.45) is 3.59. The Balaban J connectivity index is 1.81. The fourth-order valence-corrected chi connectivity index (χ4v) is 3.03. The van der Waals surface area contributed by atoms with Crippen LogP contribution in [-0.2, 0) is 17.6 Å². The standard InChI is InChI=1S/C22H25N5O/c1-4-16-8-6-9-17(5-2)21(16)27-22-23-13-12-20(26-22)25-19-11-7-10-18(14-19)24-15(3)28/h6-14H,4-5H2,1-3H3,(H,24,28)(H2,23,25,26,27). The Morgan fingerprint density at radius 3 is 2.29 bits per heavy atom. The van der Waals surface area contributed by atoms with Gasteiger partial charge in [0.1, 0.15) is 5.82 Å². The Morgan fingerprint density at radius 2 is 1.61 bits per heavy atom. The van der Waals surface area contributed by atoms with E-state index in [0.29, 0.717) is 11.8 Å². The predicted molar refractivity (Wildman–Crippen MR) is 115 cm³/mol. The first-order valence-electron chi connectivity index (χ1n) is 9.44. The van der Waals surface area contributed by atoms with Crippen LogP contribution >= 0.6 is 0 Å². The number of aryl methyl sites for hydroxylation is 2. The molecule has 6 heteroatoms. The molecule has 28 heavy (non-hydrogen) atoms. The van der Waals surface area contributed by atoms with Crippen LogP contribution in [0.5, 0.6) is 0 Å². The fourth-order valence-electron chi connectivity index (χ4n) is 3.03. The van der Waals surface area contributed by atoms with Crippen molar-refractivity contribution in [3.8, 4) is 0 Å². The highest BCUT2D eigenvalue weighted by molar-refractivity contribution is 5.89. The van der Waals surface area contributed by atoms with Crippen LogP contribution in [0.4, 0.5) is 28.8 Å². The maximum absolute atomic E-state index is 11.2. The third-order valence-corrected chi connectivity index (χ3v) is 4.35. The molecule has 0 radical (unpaired) electrons. The SMILES string of the molecule is CCc1cccc(CC)c1Nc1nccc(Nc2cccc(NC(C)=O)c2)n1. The predicted octanol–water partition coefficient (Wildman–Crippen LogP) is 5.05. The molecule has 3 N–H and O–H groups in total. The lowest BCUT2D eigenvalue weighted by atomic mass is 10.0. The van der Waals surface area contributed by atoms with E-state index in [9.17, 15) is 4.79 Å². The van der Waals surface area contributed by atoms with Gasteiger partial charge in [-0.15, -0.1) is 0 Å². The summed E-state index contributed by atoms with van der Waals surface area (Å²) in [6, 6.07) is 15.6. The van der Waals surface area contributed by atoms with Crippen molar-refractivity contribution in [2.24, 2.45) is 0 Å². The molecule has 6 nitrogen and oxygen atoms in total. The number of hydrogen-bond acceptors (Lipinski definition) is 5. The van der Waals surface area contributed by atoms with E-state index >= 15 is 0 Å². The molecule has 2 aromatic carbocycles. The van der Waals surface area contributed by atoms with E-state index < -0.39 is 0 Å². The third-order valence-electron chi connectivity index (χ3n) is 4.35. The molecule has 0 bridgehead atoms. The molecule has 0 aliphatic carbocycles. The van der Waals surface area contributed by atoms with Gasteiger partial charge >= 0.3 is 0 Å².